The maximum absolute atomic E-state index is 12.9. The van der Waals surface area contributed by atoms with Gasteiger partial charge in [-0.1, -0.05) is 35.9 Å². The van der Waals surface area contributed by atoms with Crippen molar-refractivity contribution in [2.75, 3.05) is 6.54 Å². The molecule has 4 nitrogen and oxygen atoms in total. The molecule has 1 fully saturated rings. The van der Waals surface area contributed by atoms with Crippen LogP contribution in [0.3, 0.4) is 0 Å². The molecule has 2 amide bonds. The Hall–Kier alpha value is -2.40. The van der Waals surface area contributed by atoms with E-state index in [1.54, 1.807) is 12.1 Å². The molecule has 0 atom stereocenters. The number of amides is 2. The highest BCUT2D eigenvalue weighted by Gasteiger charge is 2.56. The van der Waals surface area contributed by atoms with Crippen molar-refractivity contribution in [2.45, 2.75) is 25.8 Å². The molecule has 0 aliphatic heterocycles. The number of hydrogen-bond donors (Lipinski definition) is 2. The van der Waals surface area contributed by atoms with Gasteiger partial charge in [0.25, 0.3) is 0 Å². The molecule has 0 spiro atoms. The maximum atomic E-state index is 12.9. The Balaban J connectivity index is 1.47. The van der Waals surface area contributed by atoms with Gasteiger partial charge in [-0.2, -0.15) is 0 Å². The Bertz CT molecular complexity index is 786. The van der Waals surface area contributed by atoms with Crippen molar-refractivity contribution in [2.24, 2.45) is 5.41 Å². The standard InChI is InChI=1S/C20H20ClFN2O2/c21-16-5-1-14(2-6-16)9-12-23-18(25)20(10-11-20)19(26)24-13-15-3-7-17(22)8-4-15/h1-8H,9-13H2,(H,23,25)(H,24,26). The number of carbonyl (C=O) groups is 2. The average Bonchev–Trinajstić information content (AvgIpc) is 3.45. The molecule has 1 saturated carbocycles. The molecule has 0 radical (unpaired) electrons. The lowest BCUT2D eigenvalue weighted by Gasteiger charge is -2.15. The van der Waals surface area contributed by atoms with E-state index in [0.717, 1.165) is 11.1 Å². The summed E-state index contributed by atoms with van der Waals surface area (Å²) >= 11 is 5.85. The smallest absolute Gasteiger partial charge is 0.235 e. The largest absolute Gasteiger partial charge is 0.355 e. The fourth-order valence-electron chi connectivity index (χ4n) is 2.78. The monoisotopic (exact) mass is 374 g/mol. The SMILES string of the molecule is O=C(NCCc1ccc(Cl)cc1)C1(C(=O)NCc2ccc(F)cc2)CC1. The van der Waals surface area contributed by atoms with Gasteiger partial charge >= 0.3 is 0 Å². The number of hydrogen-bond acceptors (Lipinski definition) is 2. The number of benzene rings is 2. The molecule has 2 N–H and O–H groups in total. The van der Waals surface area contributed by atoms with Crippen molar-refractivity contribution in [1.82, 2.24) is 10.6 Å². The zero-order valence-corrected chi connectivity index (χ0v) is 15.0. The number of carbonyl (C=O) groups excluding carboxylic acids is 2. The molecule has 0 unspecified atom stereocenters. The summed E-state index contributed by atoms with van der Waals surface area (Å²) in [5.74, 6) is -0.826. The molecule has 2 aromatic rings. The molecule has 0 aromatic heterocycles. The van der Waals surface area contributed by atoms with Crippen molar-refractivity contribution >= 4 is 23.4 Å². The Labute approximate surface area is 156 Å². The van der Waals surface area contributed by atoms with Crippen molar-refractivity contribution in [1.29, 1.82) is 0 Å². The van der Waals surface area contributed by atoms with Crippen LogP contribution < -0.4 is 10.6 Å². The first-order valence-electron chi connectivity index (χ1n) is 8.55. The third-order valence-corrected chi connectivity index (χ3v) is 4.85. The topological polar surface area (TPSA) is 58.2 Å². The molecule has 2 aromatic carbocycles. The summed E-state index contributed by atoms with van der Waals surface area (Å²) in [6.07, 6.45) is 1.78. The second kappa shape index (κ2) is 7.87. The second-order valence-corrected chi connectivity index (χ2v) is 6.96. The van der Waals surface area contributed by atoms with Crippen molar-refractivity contribution < 1.29 is 14.0 Å². The van der Waals surface area contributed by atoms with Crippen LogP contribution in [-0.4, -0.2) is 18.4 Å². The second-order valence-electron chi connectivity index (χ2n) is 6.52. The highest BCUT2D eigenvalue weighted by molar-refractivity contribution is 6.30. The minimum Gasteiger partial charge on any atom is -0.355 e. The van der Waals surface area contributed by atoms with E-state index in [0.29, 0.717) is 30.8 Å². The van der Waals surface area contributed by atoms with Crippen LogP contribution in [0.1, 0.15) is 24.0 Å². The third kappa shape index (κ3) is 4.41. The molecule has 0 bridgehead atoms. The van der Waals surface area contributed by atoms with Crippen LogP contribution >= 0.6 is 11.6 Å². The van der Waals surface area contributed by atoms with Crippen LogP contribution in [0.15, 0.2) is 48.5 Å². The highest BCUT2D eigenvalue weighted by atomic mass is 35.5. The molecular weight excluding hydrogens is 355 g/mol. The van der Waals surface area contributed by atoms with E-state index in [1.165, 1.54) is 12.1 Å². The Morgan fingerprint density at radius 3 is 2.12 bits per heavy atom. The van der Waals surface area contributed by atoms with E-state index >= 15 is 0 Å². The van der Waals surface area contributed by atoms with E-state index in [4.69, 9.17) is 11.6 Å². The van der Waals surface area contributed by atoms with Gasteiger partial charge in [-0.3, -0.25) is 9.59 Å². The first-order chi connectivity index (χ1) is 12.5. The van der Waals surface area contributed by atoms with Crippen molar-refractivity contribution in [3.05, 3.63) is 70.5 Å². The lowest BCUT2D eigenvalue weighted by Crippen LogP contribution is -2.43. The molecular formula is C20H20ClFN2O2. The van der Waals surface area contributed by atoms with Crippen LogP contribution in [0.4, 0.5) is 4.39 Å². The summed E-state index contributed by atoms with van der Waals surface area (Å²) in [4.78, 5) is 24.8. The minimum atomic E-state index is -0.958. The van der Waals surface area contributed by atoms with Crippen LogP contribution in [0.5, 0.6) is 0 Å². The van der Waals surface area contributed by atoms with Gasteiger partial charge in [0.15, 0.2) is 0 Å². The Morgan fingerprint density at radius 1 is 0.923 bits per heavy atom. The summed E-state index contributed by atoms with van der Waals surface area (Å²) in [5.41, 5.74) is 0.902. The van der Waals surface area contributed by atoms with E-state index < -0.39 is 5.41 Å². The lowest BCUT2D eigenvalue weighted by atomic mass is 10.0. The summed E-state index contributed by atoms with van der Waals surface area (Å²) in [7, 11) is 0. The zero-order valence-electron chi connectivity index (χ0n) is 14.2. The van der Waals surface area contributed by atoms with Crippen LogP contribution in [0.25, 0.3) is 0 Å². The normalized spacial score (nSPS) is 14.5. The van der Waals surface area contributed by atoms with Crippen LogP contribution in [-0.2, 0) is 22.6 Å². The lowest BCUT2D eigenvalue weighted by molar-refractivity contribution is -0.137. The molecule has 0 heterocycles. The zero-order chi connectivity index (χ0) is 18.6. The molecule has 1 aliphatic carbocycles. The first-order valence-corrected chi connectivity index (χ1v) is 8.93. The molecule has 6 heteroatoms. The van der Waals surface area contributed by atoms with Gasteiger partial charge in [-0.15, -0.1) is 0 Å². The number of rotatable bonds is 7. The van der Waals surface area contributed by atoms with Crippen molar-refractivity contribution in [3.63, 3.8) is 0 Å². The summed E-state index contributed by atoms with van der Waals surface area (Å²) < 4.78 is 12.9. The summed E-state index contributed by atoms with van der Waals surface area (Å²) in [6, 6.07) is 13.4. The predicted molar refractivity (Wildman–Crippen MR) is 98.1 cm³/mol. The van der Waals surface area contributed by atoms with Crippen LogP contribution in [0, 0.1) is 11.2 Å². The maximum Gasteiger partial charge on any atom is 0.235 e. The van der Waals surface area contributed by atoms with Gasteiger partial charge in [-0.05, 0) is 54.7 Å². The van der Waals surface area contributed by atoms with E-state index in [-0.39, 0.29) is 24.2 Å². The fraction of sp³-hybridized carbons (Fsp3) is 0.300. The van der Waals surface area contributed by atoms with Gasteiger partial charge in [0.1, 0.15) is 11.2 Å². The average molecular weight is 375 g/mol. The summed E-state index contributed by atoms with van der Waals surface area (Å²) in [6.45, 7) is 0.742. The first kappa shape index (κ1) is 18.4. The van der Waals surface area contributed by atoms with E-state index in [9.17, 15) is 14.0 Å². The Morgan fingerprint density at radius 2 is 1.50 bits per heavy atom. The molecule has 3 rings (SSSR count). The van der Waals surface area contributed by atoms with Gasteiger partial charge in [0.05, 0.1) is 0 Å². The van der Waals surface area contributed by atoms with Gasteiger partial charge in [0.2, 0.25) is 11.8 Å². The minimum absolute atomic E-state index is 0.233. The van der Waals surface area contributed by atoms with E-state index in [1.807, 2.05) is 24.3 Å². The molecule has 136 valence electrons. The Kier molecular flexibility index (Phi) is 5.57. The molecule has 0 saturated heterocycles. The van der Waals surface area contributed by atoms with Crippen molar-refractivity contribution in [3.8, 4) is 0 Å². The quantitative estimate of drug-likeness (QED) is 0.731. The highest BCUT2D eigenvalue weighted by Crippen LogP contribution is 2.46. The summed E-state index contributed by atoms with van der Waals surface area (Å²) in [5, 5.41) is 6.31. The molecule has 26 heavy (non-hydrogen) atoms. The number of nitrogens with one attached hydrogen (secondary N) is 2. The van der Waals surface area contributed by atoms with Gasteiger partial charge < -0.3 is 10.6 Å². The van der Waals surface area contributed by atoms with Gasteiger partial charge in [0, 0.05) is 18.1 Å². The van der Waals surface area contributed by atoms with E-state index in [2.05, 4.69) is 10.6 Å². The predicted octanol–water partition coefficient (Wildman–Crippen LogP) is 3.23. The van der Waals surface area contributed by atoms with Gasteiger partial charge in [-0.25, -0.2) is 4.39 Å². The third-order valence-electron chi connectivity index (χ3n) is 4.60. The molecule has 1 aliphatic rings. The van der Waals surface area contributed by atoms with Crippen LogP contribution in [0.2, 0.25) is 5.02 Å². The number of halogens is 2. The fourth-order valence-corrected chi connectivity index (χ4v) is 2.90.